The van der Waals surface area contributed by atoms with Crippen molar-refractivity contribution in [2.45, 2.75) is 38.1 Å². The summed E-state index contributed by atoms with van der Waals surface area (Å²) < 4.78 is 53.3. The number of para-hydroxylation sites is 3. The van der Waals surface area contributed by atoms with Crippen molar-refractivity contribution >= 4 is 28.0 Å². The van der Waals surface area contributed by atoms with Crippen molar-refractivity contribution in [3.8, 4) is 0 Å². The van der Waals surface area contributed by atoms with E-state index in [1.54, 1.807) is 24.3 Å². The summed E-state index contributed by atoms with van der Waals surface area (Å²) in [6, 6.07) is 10.9. The van der Waals surface area contributed by atoms with Crippen molar-refractivity contribution in [3.63, 3.8) is 0 Å². The van der Waals surface area contributed by atoms with Crippen molar-refractivity contribution in [3.05, 3.63) is 54.1 Å². The lowest BCUT2D eigenvalue weighted by Crippen LogP contribution is -2.34. The molecule has 2 aliphatic rings. The highest BCUT2D eigenvalue weighted by Gasteiger charge is 2.43. The number of nitrogens with zero attached hydrogens (tertiary/aromatic N) is 2. The minimum atomic E-state index is -3.63. The molecule has 28 heavy (non-hydrogen) atoms. The molecule has 2 aromatic carbocycles. The van der Waals surface area contributed by atoms with Crippen LogP contribution < -0.4 is 13.9 Å². The first kappa shape index (κ1) is 19.4. The van der Waals surface area contributed by atoms with E-state index in [9.17, 15) is 17.9 Å². The van der Waals surface area contributed by atoms with E-state index in [-0.39, 0.29) is 0 Å². The van der Waals surface area contributed by atoms with Gasteiger partial charge in [-0.3, -0.25) is 13.4 Å². The standard InChI is InChI=1S/C20H25F2N3O2S/c21-16-9-5-10-17(22)20(16)25-19-12-4-3-11-18(19)24(28(25,26)27)14-6-13-23-15-7-1-2-8-15/h3-5,9-12,15,23,26-27H,1-2,6-8,13-14H2. The number of halogens is 2. The molecule has 8 heteroatoms. The summed E-state index contributed by atoms with van der Waals surface area (Å²) in [6.45, 7) is 1.12. The Morgan fingerprint density at radius 3 is 2.29 bits per heavy atom. The van der Waals surface area contributed by atoms with Gasteiger partial charge in [-0.1, -0.05) is 31.0 Å². The number of rotatable bonds is 6. The Kier molecular flexibility index (Phi) is 5.46. The number of fused-ring (bicyclic) bond motifs is 1. The van der Waals surface area contributed by atoms with Crippen molar-refractivity contribution in [1.29, 1.82) is 0 Å². The Morgan fingerprint density at radius 1 is 0.964 bits per heavy atom. The predicted molar refractivity (Wildman–Crippen MR) is 110 cm³/mol. The molecule has 0 saturated heterocycles. The molecule has 1 heterocycles. The minimum Gasteiger partial charge on any atom is -0.314 e. The van der Waals surface area contributed by atoms with Crippen LogP contribution in [0, 0.1) is 11.6 Å². The van der Waals surface area contributed by atoms with Gasteiger partial charge in [0.05, 0.1) is 11.4 Å². The van der Waals surface area contributed by atoms with E-state index in [1.807, 2.05) is 0 Å². The molecule has 1 aliphatic heterocycles. The molecule has 4 rings (SSSR count). The van der Waals surface area contributed by atoms with Crippen LogP contribution in [0.15, 0.2) is 42.5 Å². The first-order valence-corrected chi connectivity index (χ1v) is 11.1. The van der Waals surface area contributed by atoms with Crippen LogP contribution in [0.1, 0.15) is 32.1 Å². The Morgan fingerprint density at radius 2 is 1.61 bits per heavy atom. The zero-order valence-electron chi connectivity index (χ0n) is 15.5. The Hall–Kier alpha value is -1.87. The lowest BCUT2D eigenvalue weighted by Gasteiger charge is -2.43. The lowest BCUT2D eigenvalue weighted by atomic mass is 10.2. The fraction of sp³-hybridized carbons (Fsp3) is 0.400. The van der Waals surface area contributed by atoms with Gasteiger partial charge in [0.15, 0.2) is 11.6 Å². The number of benzene rings is 2. The van der Waals surface area contributed by atoms with E-state index in [1.165, 1.54) is 36.1 Å². The van der Waals surface area contributed by atoms with Crippen LogP contribution in [0.25, 0.3) is 0 Å². The molecule has 1 fully saturated rings. The molecule has 0 spiro atoms. The lowest BCUT2D eigenvalue weighted by molar-refractivity contribution is 0.477. The van der Waals surface area contributed by atoms with Crippen LogP contribution in [-0.2, 0) is 0 Å². The van der Waals surface area contributed by atoms with Gasteiger partial charge in [0.2, 0.25) is 0 Å². The first-order valence-electron chi connectivity index (χ1n) is 9.63. The third-order valence-corrected chi connectivity index (χ3v) is 7.22. The third-order valence-electron chi connectivity index (χ3n) is 5.38. The predicted octanol–water partition coefficient (Wildman–Crippen LogP) is 5.43. The summed E-state index contributed by atoms with van der Waals surface area (Å²) in [4.78, 5) is 0. The van der Waals surface area contributed by atoms with Crippen molar-refractivity contribution in [2.24, 2.45) is 0 Å². The second-order valence-electron chi connectivity index (χ2n) is 7.23. The van der Waals surface area contributed by atoms with Crippen LogP contribution >= 0.6 is 11.0 Å². The summed E-state index contributed by atoms with van der Waals surface area (Å²) in [5, 5.41) is 3.50. The van der Waals surface area contributed by atoms with E-state index in [0.717, 1.165) is 23.0 Å². The Balaban J connectivity index is 1.58. The number of anilines is 3. The molecule has 2 aromatic rings. The average Bonchev–Trinajstić information content (AvgIpc) is 3.25. The number of nitrogens with one attached hydrogen (secondary N) is 1. The first-order chi connectivity index (χ1) is 13.5. The van der Waals surface area contributed by atoms with E-state index >= 15 is 0 Å². The third kappa shape index (κ3) is 3.45. The molecule has 0 atom stereocenters. The maximum atomic E-state index is 14.4. The quantitative estimate of drug-likeness (QED) is 0.556. The molecular weight excluding hydrogens is 384 g/mol. The van der Waals surface area contributed by atoms with Crippen LogP contribution in [-0.4, -0.2) is 28.2 Å². The van der Waals surface area contributed by atoms with E-state index in [4.69, 9.17) is 0 Å². The molecule has 152 valence electrons. The summed E-state index contributed by atoms with van der Waals surface area (Å²) >= 11 is 0. The fourth-order valence-corrected chi connectivity index (χ4v) is 5.86. The molecule has 1 saturated carbocycles. The van der Waals surface area contributed by atoms with Crippen LogP contribution in [0.5, 0.6) is 0 Å². The van der Waals surface area contributed by atoms with Gasteiger partial charge in [-0.25, -0.2) is 13.1 Å². The highest BCUT2D eigenvalue weighted by Crippen LogP contribution is 2.64. The van der Waals surface area contributed by atoms with Gasteiger partial charge in [0.25, 0.3) is 0 Å². The van der Waals surface area contributed by atoms with Gasteiger partial charge < -0.3 is 5.32 Å². The van der Waals surface area contributed by atoms with E-state index in [0.29, 0.717) is 30.4 Å². The summed E-state index contributed by atoms with van der Waals surface area (Å²) in [5.41, 5.74) is 0.503. The monoisotopic (exact) mass is 409 g/mol. The fourth-order valence-electron chi connectivity index (χ4n) is 4.04. The molecule has 0 unspecified atom stereocenters. The van der Waals surface area contributed by atoms with Crippen molar-refractivity contribution in [1.82, 2.24) is 5.32 Å². The SMILES string of the molecule is OS1(O)N(CCCNC2CCCC2)c2ccccc2N1c1c(F)cccc1F. The van der Waals surface area contributed by atoms with Crippen molar-refractivity contribution < 1.29 is 17.9 Å². The maximum absolute atomic E-state index is 14.4. The molecule has 0 bridgehead atoms. The zero-order valence-corrected chi connectivity index (χ0v) is 16.3. The molecule has 5 nitrogen and oxygen atoms in total. The number of hydrogen-bond donors (Lipinski definition) is 3. The molecule has 0 aromatic heterocycles. The average molecular weight is 410 g/mol. The number of hydrogen-bond acceptors (Lipinski definition) is 5. The topological polar surface area (TPSA) is 59.0 Å². The van der Waals surface area contributed by atoms with Gasteiger partial charge >= 0.3 is 0 Å². The van der Waals surface area contributed by atoms with E-state index < -0.39 is 28.3 Å². The molecule has 1 aliphatic carbocycles. The van der Waals surface area contributed by atoms with E-state index in [2.05, 4.69) is 5.32 Å². The molecule has 3 N–H and O–H groups in total. The van der Waals surface area contributed by atoms with Gasteiger partial charge in [-0.2, -0.15) is 0 Å². The van der Waals surface area contributed by atoms with Gasteiger partial charge in [-0.05, 0) is 61.0 Å². The van der Waals surface area contributed by atoms with Gasteiger partial charge in [0, 0.05) is 12.6 Å². The van der Waals surface area contributed by atoms with Crippen LogP contribution in [0.3, 0.4) is 0 Å². The highest BCUT2D eigenvalue weighted by atomic mass is 32.3. The summed E-state index contributed by atoms with van der Waals surface area (Å²) in [7, 11) is -3.63. The van der Waals surface area contributed by atoms with Crippen LogP contribution in [0.4, 0.5) is 25.8 Å². The van der Waals surface area contributed by atoms with Gasteiger partial charge in [0.1, 0.15) is 5.69 Å². The van der Waals surface area contributed by atoms with Crippen LogP contribution in [0.2, 0.25) is 0 Å². The largest absolute Gasteiger partial charge is 0.314 e. The molecule has 0 amide bonds. The minimum absolute atomic E-state index is 0.367. The maximum Gasteiger partial charge on any atom is 0.151 e. The molecular formula is C20H25F2N3O2S. The summed E-state index contributed by atoms with van der Waals surface area (Å²) in [5.74, 6) is -1.67. The normalized spacial score (nSPS) is 19.9. The van der Waals surface area contributed by atoms with Gasteiger partial charge in [-0.15, -0.1) is 0 Å². The highest BCUT2D eigenvalue weighted by molar-refractivity contribution is 8.27. The zero-order chi connectivity index (χ0) is 19.7. The Bertz CT molecular complexity index is 826. The summed E-state index contributed by atoms with van der Waals surface area (Å²) in [6.07, 6.45) is 5.56. The second-order valence-corrected chi connectivity index (χ2v) is 9.02. The smallest absolute Gasteiger partial charge is 0.151 e. The van der Waals surface area contributed by atoms with Crippen molar-refractivity contribution in [2.75, 3.05) is 21.7 Å². The Labute approximate surface area is 165 Å². The second kappa shape index (κ2) is 7.87. The molecule has 0 radical (unpaired) electrons.